The molecule has 1 N–H and O–H groups in total. The van der Waals surface area contributed by atoms with Crippen LogP contribution in [0.3, 0.4) is 0 Å². The molecule has 0 aromatic heterocycles. The van der Waals surface area contributed by atoms with Crippen LogP contribution >= 0.6 is 0 Å². The quantitative estimate of drug-likeness (QED) is 0.830. The summed E-state index contributed by atoms with van der Waals surface area (Å²) in [5.41, 5.74) is -0.433. The van der Waals surface area contributed by atoms with Crippen LogP contribution in [0.2, 0.25) is 0 Å². The van der Waals surface area contributed by atoms with E-state index in [1.165, 1.54) is 29.2 Å². The first-order valence-electron chi connectivity index (χ1n) is 7.92. The number of sulfonamides is 1. The molecule has 1 saturated heterocycles. The summed E-state index contributed by atoms with van der Waals surface area (Å²) in [7, 11) is -5.32. The fraction of sp³-hybridized carbons (Fsp3) is 0.562. The average molecular weight is 389 g/mol. The molecule has 25 heavy (non-hydrogen) atoms. The Labute approximate surface area is 149 Å². The van der Waals surface area contributed by atoms with Gasteiger partial charge in [-0.05, 0) is 45.4 Å². The van der Waals surface area contributed by atoms with Crippen LogP contribution in [0.25, 0.3) is 0 Å². The zero-order valence-corrected chi connectivity index (χ0v) is 16.4. The zero-order valence-electron chi connectivity index (χ0n) is 14.8. The fourth-order valence-electron chi connectivity index (χ4n) is 2.71. The molecular formula is C16H24N2O5S2. The third kappa shape index (κ3) is 5.02. The van der Waals surface area contributed by atoms with Crippen molar-refractivity contribution in [3.8, 4) is 0 Å². The molecule has 0 aliphatic carbocycles. The van der Waals surface area contributed by atoms with Crippen molar-refractivity contribution in [2.24, 2.45) is 0 Å². The summed E-state index contributed by atoms with van der Waals surface area (Å²) in [5.74, 6) is -0.382. The van der Waals surface area contributed by atoms with E-state index in [9.17, 15) is 21.6 Å². The van der Waals surface area contributed by atoms with E-state index >= 15 is 0 Å². The minimum Gasteiger partial charge on any atom is -0.338 e. The summed E-state index contributed by atoms with van der Waals surface area (Å²) in [6.07, 6.45) is 0.397. The smallest absolute Gasteiger partial charge is 0.253 e. The van der Waals surface area contributed by atoms with Crippen molar-refractivity contribution in [3.63, 3.8) is 0 Å². The first kappa shape index (κ1) is 19.9. The van der Waals surface area contributed by atoms with Gasteiger partial charge in [-0.25, -0.2) is 21.6 Å². The summed E-state index contributed by atoms with van der Waals surface area (Å²) >= 11 is 0. The number of rotatable bonds is 4. The Balaban J connectivity index is 2.25. The highest BCUT2D eigenvalue weighted by atomic mass is 32.2. The van der Waals surface area contributed by atoms with Crippen molar-refractivity contribution in [2.45, 2.75) is 43.7 Å². The first-order valence-corrected chi connectivity index (χ1v) is 11.2. The molecule has 1 amide bonds. The van der Waals surface area contributed by atoms with Crippen molar-refractivity contribution < 1.29 is 21.6 Å². The minimum absolute atomic E-state index is 0.000665. The predicted octanol–water partition coefficient (Wildman–Crippen LogP) is 1.02. The molecule has 7 nitrogen and oxygen atoms in total. The summed E-state index contributed by atoms with van der Waals surface area (Å²) in [6, 6.07) is 5.38. The molecule has 0 radical (unpaired) electrons. The average Bonchev–Trinajstić information content (AvgIpc) is 2.83. The van der Waals surface area contributed by atoms with Crippen molar-refractivity contribution in [2.75, 3.05) is 18.6 Å². The van der Waals surface area contributed by atoms with Crippen LogP contribution in [-0.4, -0.2) is 57.8 Å². The van der Waals surface area contributed by atoms with E-state index in [-0.39, 0.29) is 28.0 Å². The van der Waals surface area contributed by atoms with Gasteiger partial charge < -0.3 is 4.90 Å². The first-order chi connectivity index (χ1) is 11.3. The second-order valence-electron chi connectivity index (χ2n) is 7.36. The third-order valence-electron chi connectivity index (χ3n) is 3.91. The maximum Gasteiger partial charge on any atom is 0.253 e. The fourth-order valence-corrected chi connectivity index (χ4v) is 5.95. The highest BCUT2D eigenvalue weighted by Gasteiger charge is 2.33. The van der Waals surface area contributed by atoms with E-state index < -0.39 is 31.3 Å². The molecule has 1 aliphatic heterocycles. The molecule has 1 heterocycles. The van der Waals surface area contributed by atoms with Gasteiger partial charge in [0.1, 0.15) is 0 Å². The number of amides is 1. The molecule has 1 fully saturated rings. The SMILES string of the molecule is CN(C(=O)c1cccc(S(=O)(=O)NC(C)(C)C)c1)C1CCS(=O)(=O)C1. The zero-order chi connectivity index (χ0) is 19.0. The molecule has 0 saturated carbocycles. The van der Waals surface area contributed by atoms with Crippen molar-refractivity contribution in [1.82, 2.24) is 9.62 Å². The van der Waals surface area contributed by atoms with Crippen molar-refractivity contribution in [3.05, 3.63) is 29.8 Å². The summed E-state index contributed by atoms with van der Waals surface area (Å²) in [5, 5.41) is 0. The summed E-state index contributed by atoms with van der Waals surface area (Å²) in [4.78, 5) is 14.0. The topological polar surface area (TPSA) is 101 Å². The number of carbonyl (C=O) groups is 1. The molecule has 1 aliphatic rings. The van der Waals surface area contributed by atoms with E-state index in [0.29, 0.717) is 6.42 Å². The lowest BCUT2D eigenvalue weighted by atomic mass is 10.1. The molecular weight excluding hydrogens is 364 g/mol. The number of carbonyl (C=O) groups excluding carboxylic acids is 1. The number of nitrogens with zero attached hydrogens (tertiary/aromatic N) is 1. The number of hydrogen-bond acceptors (Lipinski definition) is 5. The summed E-state index contributed by atoms with van der Waals surface area (Å²) < 4.78 is 50.6. The van der Waals surface area contributed by atoms with E-state index in [0.717, 1.165) is 0 Å². The van der Waals surface area contributed by atoms with Gasteiger partial charge in [-0.1, -0.05) is 6.07 Å². The Hall–Kier alpha value is -1.45. The van der Waals surface area contributed by atoms with E-state index in [2.05, 4.69) is 4.72 Å². The van der Waals surface area contributed by atoms with Gasteiger partial charge in [-0.3, -0.25) is 4.79 Å². The van der Waals surface area contributed by atoms with Gasteiger partial charge in [0.2, 0.25) is 10.0 Å². The molecule has 140 valence electrons. The molecule has 1 atom stereocenters. The Bertz CT molecular complexity index is 870. The Kier molecular flexibility index (Phi) is 5.32. The van der Waals surface area contributed by atoms with Crippen molar-refractivity contribution in [1.29, 1.82) is 0 Å². The van der Waals surface area contributed by atoms with Gasteiger partial charge >= 0.3 is 0 Å². The highest BCUT2D eigenvalue weighted by Crippen LogP contribution is 2.20. The molecule has 9 heteroatoms. The van der Waals surface area contributed by atoms with Crippen LogP contribution in [0, 0.1) is 0 Å². The number of sulfone groups is 1. The van der Waals surface area contributed by atoms with E-state index in [1.54, 1.807) is 27.8 Å². The maximum atomic E-state index is 12.6. The Morgan fingerprint density at radius 2 is 1.92 bits per heavy atom. The lowest BCUT2D eigenvalue weighted by molar-refractivity contribution is 0.0747. The van der Waals surface area contributed by atoms with E-state index in [1.807, 2.05) is 0 Å². The standard InChI is InChI=1S/C16H24N2O5S2/c1-16(2,3)17-25(22,23)14-7-5-6-12(10-14)15(19)18(4)13-8-9-24(20,21)11-13/h5-7,10,13,17H,8-9,11H2,1-4H3. The molecule has 2 rings (SSSR count). The van der Waals surface area contributed by atoms with Gasteiger partial charge in [-0.15, -0.1) is 0 Å². The van der Waals surface area contributed by atoms with Gasteiger partial charge in [0.05, 0.1) is 16.4 Å². The lowest BCUT2D eigenvalue weighted by Gasteiger charge is -2.24. The van der Waals surface area contributed by atoms with Crippen molar-refractivity contribution >= 4 is 25.8 Å². The van der Waals surface area contributed by atoms with Gasteiger partial charge in [0.25, 0.3) is 5.91 Å². The predicted molar refractivity (Wildman–Crippen MR) is 95.7 cm³/mol. The van der Waals surface area contributed by atoms with Crippen LogP contribution in [0.1, 0.15) is 37.6 Å². The molecule has 1 aromatic rings. The van der Waals surface area contributed by atoms with Gasteiger partial charge in [0, 0.05) is 24.2 Å². The minimum atomic E-state index is -3.75. The van der Waals surface area contributed by atoms with Gasteiger partial charge in [0.15, 0.2) is 9.84 Å². The molecule has 0 bridgehead atoms. The highest BCUT2D eigenvalue weighted by molar-refractivity contribution is 7.91. The van der Waals surface area contributed by atoms with E-state index in [4.69, 9.17) is 0 Å². The Morgan fingerprint density at radius 3 is 2.44 bits per heavy atom. The normalized spacial score (nSPS) is 20.4. The second-order valence-corrected chi connectivity index (χ2v) is 11.3. The lowest BCUT2D eigenvalue weighted by Crippen LogP contribution is -2.40. The monoisotopic (exact) mass is 388 g/mol. The Morgan fingerprint density at radius 1 is 1.28 bits per heavy atom. The summed E-state index contributed by atoms with van der Waals surface area (Å²) in [6.45, 7) is 5.19. The van der Waals surface area contributed by atoms with Crippen LogP contribution in [-0.2, 0) is 19.9 Å². The molecule has 1 unspecified atom stereocenters. The second kappa shape index (κ2) is 6.69. The van der Waals surface area contributed by atoms with Gasteiger partial charge in [-0.2, -0.15) is 0 Å². The van der Waals surface area contributed by atoms with Crippen LogP contribution in [0.5, 0.6) is 0 Å². The maximum absolute atomic E-state index is 12.6. The van der Waals surface area contributed by atoms with Crippen LogP contribution in [0.4, 0.5) is 0 Å². The largest absolute Gasteiger partial charge is 0.338 e. The van der Waals surface area contributed by atoms with Crippen LogP contribution in [0.15, 0.2) is 29.2 Å². The number of hydrogen-bond donors (Lipinski definition) is 1. The molecule has 0 spiro atoms. The van der Waals surface area contributed by atoms with Crippen LogP contribution < -0.4 is 4.72 Å². The number of benzene rings is 1. The third-order valence-corrected chi connectivity index (χ3v) is 7.41. The number of nitrogens with one attached hydrogen (secondary N) is 1. The molecule has 1 aromatic carbocycles.